The van der Waals surface area contributed by atoms with Crippen LogP contribution in [0.5, 0.6) is 0 Å². The van der Waals surface area contributed by atoms with E-state index < -0.39 is 35.3 Å². The van der Waals surface area contributed by atoms with Gasteiger partial charge in [-0.1, -0.05) is 12.1 Å². The monoisotopic (exact) mass is 465 g/mol. The summed E-state index contributed by atoms with van der Waals surface area (Å²) in [5.74, 6) is -2.82. The molecule has 1 aromatic heterocycles. The SMILES string of the molecule is NC(=O)c1c(-c2cccc(F)c2)nn2c1CN(C(=O)Nc1ccc(F)c(C(F)(F)F)c1)CC2. The topological polar surface area (TPSA) is 93.2 Å². The number of alkyl halides is 3. The van der Waals surface area contributed by atoms with Crippen molar-refractivity contribution in [3.63, 3.8) is 0 Å². The molecule has 1 aliphatic rings. The zero-order valence-corrected chi connectivity index (χ0v) is 16.8. The molecular formula is C21H16F5N5O2. The molecule has 172 valence electrons. The number of nitrogens with one attached hydrogen (secondary N) is 1. The largest absolute Gasteiger partial charge is 0.419 e. The smallest absolute Gasteiger partial charge is 0.365 e. The summed E-state index contributed by atoms with van der Waals surface area (Å²) in [7, 11) is 0. The van der Waals surface area contributed by atoms with Gasteiger partial charge in [0.15, 0.2) is 0 Å². The number of hydrogen-bond acceptors (Lipinski definition) is 3. The highest BCUT2D eigenvalue weighted by Crippen LogP contribution is 2.33. The summed E-state index contributed by atoms with van der Waals surface area (Å²) in [6, 6.07) is 6.79. The summed E-state index contributed by atoms with van der Waals surface area (Å²) in [4.78, 5) is 26.1. The van der Waals surface area contributed by atoms with Crippen LogP contribution >= 0.6 is 0 Å². The number of nitrogens with two attached hydrogens (primary N) is 1. The van der Waals surface area contributed by atoms with Crippen molar-refractivity contribution < 1.29 is 31.5 Å². The van der Waals surface area contributed by atoms with E-state index in [1.807, 2.05) is 0 Å². The van der Waals surface area contributed by atoms with Crippen molar-refractivity contribution in [2.45, 2.75) is 19.3 Å². The van der Waals surface area contributed by atoms with Gasteiger partial charge in [-0.15, -0.1) is 0 Å². The van der Waals surface area contributed by atoms with E-state index in [1.54, 1.807) is 6.07 Å². The molecule has 2 heterocycles. The third-order valence-corrected chi connectivity index (χ3v) is 5.13. The Balaban J connectivity index is 1.60. The van der Waals surface area contributed by atoms with Crippen LogP contribution in [0.2, 0.25) is 0 Å². The lowest BCUT2D eigenvalue weighted by Gasteiger charge is -2.28. The van der Waals surface area contributed by atoms with E-state index >= 15 is 0 Å². The standard InChI is InChI=1S/C21H16F5N5O2/c22-12-3-1-2-11(8-12)18-17(19(27)32)16-10-30(6-7-31(16)29-18)20(33)28-13-4-5-15(23)14(9-13)21(24,25)26/h1-5,8-9H,6-7,10H2,(H2,27,32)(H,28,33). The number of carbonyl (C=O) groups excluding carboxylic acids is 2. The van der Waals surface area contributed by atoms with Gasteiger partial charge in [0.25, 0.3) is 5.91 Å². The Kier molecular flexibility index (Phi) is 5.52. The molecule has 33 heavy (non-hydrogen) atoms. The number of carbonyl (C=O) groups is 2. The van der Waals surface area contributed by atoms with Crippen LogP contribution in [0.3, 0.4) is 0 Å². The zero-order chi connectivity index (χ0) is 23.9. The highest BCUT2D eigenvalue weighted by Gasteiger charge is 2.35. The number of anilines is 1. The predicted octanol–water partition coefficient (Wildman–Crippen LogP) is 3.99. The average Bonchev–Trinajstić information content (AvgIpc) is 3.13. The van der Waals surface area contributed by atoms with Crippen molar-refractivity contribution in [2.24, 2.45) is 5.73 Å². The van der Waals surface area contributed by atoms with E-state index in [2.05, 4.69) is 10.4 Å². The quantitative estimate of drug-likeness (QED) is 0.573. The Labute approximate surface area is 183 Å². The minimum Gasteiger partial charge on any atom is -0.365 e. The summed E-state index contributed by atoms with van der Waals surface area (Å²) >= 11 is 0. The fourth-order valence-electron chi connectivity index (χ4n) is 3.61. The third kappa shape index (κ3) is 4.36. The maximum atomic E-state index is 13.7. The Morgan fingerprint density at radius 2 is 1.82 bits per heavy atom. The molecule has 0 spiro atoms. The molecule has 3 amide bonds. The van der Waals surface area contributed by atoms with Crippen molar-refractivity contribution in [2.75, 3.05) is 11.9 Å². The molecule has 0 aliphatic carbocycles. The molecule has 0 bridgehead atoms. The molecule has 0 atom stereocenters. The van der Waals surface area contributed by atoms with Gasteiger partial charge in [-0.25, -0.2) is 13.6 Å². The Hall–Kier alpha value is -3.96. The third-order valence-electron chi connectivity index (χ3n) is 5.13. The lowest BCUT2D eigenvalue weighted by atomic mass is 10.0. The number of aromatic nitrogens is 2. The Morgan fingerprint density at radius 1 is 1.06 bits per heavy atom. The van der Waals surface area contributed by atoms with Gasteiger partial charge in [-0.05, 0) is 30.3 Å². The minimum absolute atomic E-state index is 0.0132. The highest BCUT2D eigenvalue weighted by atomic mass is 19.4. The number of hydrogen-bond donors (Lipinski definition) is 2. The fourth-order valence-corrected chi connectivity index (χ4v) is 3.61. The number of rotatable bonds is 3. The van der Waals surface area contributed by atoms with Crippen LogP contribution in [-0.4, -0.2) is 33.2 Å². The van der Waals surface area contributed by atoms with Crippen LogP contribution in [-0.2, 0) is 19.3 Å². The molecule has 1 aliphatic heterocycles. The van der Waals surface area contributed by atoms with E-state index in [0.29, 0.717) is 23.4 Å². The number of fused-ring (bicyclic) bond motifs is 1. The number of halogens is 5. The van der Waals surface area contributed by atoms with Crippen molar-refractivity contribution >= 4 is 17.6 Å². The first-order valence-corrected chi connectivity index (χ1v) is 9.62. The molecular weight excluding hydrogens is 449 g/mol. The first kappa shape index (κ1) is 22.2. The van der Waals surface area contributed by atoms with Gasteiger partial charge < -0.3 is 16.0 Å². The molecule has 3 N–H and O–H groups in total. The summed E-state index contributed by atoms with van der Waals surface area (Å²) < 4.78 is 67.4. The van der Waals surface area contributed by atoms with Gasteiger partial charge in [0, 0.05) is 17.8 Å². The van der Waals surface area contributed by atoms with E-state index in [1.165, 1.54) is 27.8 Å². The highest BCUT2D eigenvalue weighted by molar-refractivity contribution is 6.00. The normalized spacial score (nSPS) is 13.5. The predicted molar refractivity (Wildman–Crippen MR) is 107 cm³/mol. The molecule has 3 aromatic rings. The Morgan fingerprint density at radius 3 is 2.48 bits per heavy atom. The van der Waals surface area contributed by atoms with E-state index in [0.717, 1.165) is 6.07 Å². The van der Waals surface area contributed by atoms with Crippen molar-refractivity contribution in [3.05, 3.63) is 70.9 Å². The van der Waals surface area contributed by atoms with Gasteiger partial charge in [-0.3, -0.25) is 9.48 Å². The fraction of sp³-hybridized carbons (Fsp3) is 0.190. The summed E-state index contributed by atoms with van der Waals surface area (Å²) in [5.41, 5.74) is 4.58. The second-order valence-corrected chi connectivity index (χ2v) is 7.31. The average molecular weight is 465 g/mol. The van der Waals surface area contributed by atoms with E-state index in [9.17, 15) is 31.5 Å². The van der Waals surface area contributed by atoms with Gasteiger partial charge in [0.05, 0.1) is 29.9 Å². The van der Waals surface area contributed by atoms with E-state index in [-0.39, 0.29) is 36.6 Å². The lowest BCUT2D eigenvalue weighted by Crippen LogP contribution is -2.41. The first-order chi connectivity index (χ1) is 15.5. The van der Waals surface area contributed by atoms with Gasteiger partial charge in [0.1, 0.15) is 17.3 Å². The van der Waals surface area contributed by atoms with Crippen LogP contribution < -0.4 is 11.1 Å². The first-order valence-electron chi connectivity index (χ1n) is 9.62. The zero-order valence-electron chi connectivity index (χ0n) is 16.8. The maximum absolute atomic E-state index is 13.7. The molecule has 0 saturated carbocycles. The number of nitrogens with zero attached hydrogens (tertiary/aromatic N) is 3. The molecule has 12 heteroatoms. The van der Waals surface area contributed by atoms with Crippen molar-refractivity contribution in [1.82, 2.24) is 14.7 Å². The van der Waals surface area contributed by atoms with Crippen molar-refractivity contribution in [1.29, 1.82) is 0 Å². The molecule has 7 nitrogen and oxygen atoms in total. The molecule has 4 rings (SSSR count). The molecule has 0 unspecified atom stereocenters. The van der Waals surface area contributed by atoms with Crippen LogP contribution in [0, 0.1) is 11.6 Å². The summed E-state index contributed by atoms with van der Waals surface area (Å²) in [6.07, 6.45) is -4.92. The molecule has 2 aromatic carbocycles. The molecule has 0 fully saturated rings. The van der Waals surface area contributed by atoms with Crippen LogP contribution in [0.15, 0.2) is 42.5 Å². The second kappa shape index (κ2) is 8.19. The summed E-state index contributed by atoms with van der Waals surface area (Å²) in [5, 5.41) is 6.64. The molecule has 0 radical (unpaired) electrons. The number of benzene rings is 2. The van der Waals surface area contributed by atoms with Gasteiger partial charge in [-0.2, -0.15) is 18.3 Å². The summed E-state index contributed by atoms with van der Waals surface area (Å²) in [6.45, 7) is 0.157. The van der Waals surface area contributed by atoms with Gasteiger partial charge >= 0.3 is 12.2 Å². The lowest BCUT2D eigenvalue weighted by molar-refractivity contribution is -0.139. The number of amides is 3. The number of urea groups is 1. The van der Waals surface area contributed by atoms with Gasteiger partial charge in [0.2, 0.25) is 0 Å². The molecule has 0 saturated heterocycles. The van der Waals surface area contributed by atoms with E-state index in [4.69, 9.17) is 5.73 Å². The van der Waals surface area contributed by atoms with Crippen molar-refractivity contribution in [3.8, 4) is 11.3 Å². The Bertz CT molecular complexity index is 1250. The van der Waals surface area contributed by atoms with Crippen LogP contribution in [0.4, 0.5) is 32.4 Å². The van der Waals surface area contributed by atoms with Crippen LogP contribution in [0.1, 0.15) is 21.6 Å². The second-order valence-electron chi connectivity index (χ2n) is 7.31. The minimum atomic E-state index is -4.92. The van der Waals surface area contributed by atoms with Crippen LogP contribution in [0.25, 0.3) is 11.3 Å². The maximum Gasteiger partial charge on any atom is 0.419 e. The number of primary amides is 1.